The van der Waals surface area contributed by atoms with E-state index in [1.807, 2.05) is 35.2 Å². The molecule has 1 amide bonds. The number of carbonyl (C=O) groups is 1. The Kier molecular flexibility index (Phi) is 3.81. The van der Waals surface area contributed by atoms with E-state index in [9.17, 15) is 10.1 Å². The van der Waals surface area contributed by atoms with Gasteiger partial charge in [-0.1, -0.05) is 18.2 Å². The number of benzene rings is 1. The Bertz CT molecular complexity index is 826. The summed E-state index contributed by atoms with van der Waals surface area (Å²) in [6.07, 6.45) is 3.76. The van der Waals surface area contributed by atoms with Crippen molar-refractivity contribution in [1.82, 2.24) is 9.88 Å². The van der Waals surface area contributed by atoms with E-state index in [2.05, 4.69) is 11.0 Å². The first-order valence-corrected chi connectivity index (χ1v) is 8.60. The summed E-state index contributed by atoms with van der Waals surface area (Å²) in [4.78, 5) is 21.1. The number of para-hydroxylation sites is 1. The molecule has 5 heteroatoms. The van der Waals surface area contributed by atoms with Gasteiger partial charge in [-0.2, -0.15) is 5.26 Å². The molecule has 0 unspecified atom stereocenters. The third-order valence-corrected chi connectivity index (χ3v) is 5.09. The van der Waals surface area contributed by atoms with E-state index >= 15 is 0 Å². The molecule has 122 valence electrons. The van der Waals surface area contributed by atoms with Crippen molar-refractivity contribution in [1.29, 1.82) is 5.26 Å². The molecule has 0 saturated carbocycles. The summed E-state index contributed by atoms with van der Waals surface area (Å²) in [5, 5.41) is 10.4. The first-order chi connectivity index (χ1) is 11.8. The van der Waals surface area contributed by atoms with Gasteiger partial charge < -0.3 is 9.80 Å². The molecule has 2 aromatic rings. The molecule has 0 spiro atoms. The van der Waals surface area contributed by atoms with Crippen molar-refractivity contribution in [3.05, 3.63) is 35.9 Å². The number of hydrogen-bond donors (Lipinski definition) is 0. The lowest BCUT2D eigenvalue weighted by Crippen LogP contribution is -2.48. The van der Waals surface area contributed by atoms with Crippen molar-refractivity contribution < 1.29 is 4.79 Å². The van der Waals surface area contributed by atoms with Gasteiger partial charge in [0, 0.05) is 37.5 Å². The van der Waals surface area contributed by atoms with E-state index < -0.39 is 0 Å². The minimum absolute atomic E-state index is 0.271. The lowest BCUT2D eigenvalue weighted by molar-refractivity contribution is -0.129. The topological polar surface area (TPSA) is 60.2 Å². The number of hydrogen-bond acceptors (Lipinski definition) is 4. The number of nitrogens with zero attached hydrogens (tertiary/aromatic N) is 4. The fraction of sp³-hybridized carbons (Fsp3) is 0.421. The highest BCUT2D eigenvalue weighted by Gasteiger charge is 2.31. The molecule has 2 saturated heterocycles. The lowest BCUT2D eigenvalue weighted by atomic mass is 10.0. The summed E-state index contributed by atoms with van der Waals surface area (Å²) in [5.41, 5.74) is 1.51. The lowest BCUT2D eigenvalue weighted by Gasteiger charge is -2.38. The first-order valence-electron chi connectivity index (χ1n) is 8.60. The van der Waals surface area contributed by atoms with Crippen molar-refractivity contribution in [2.75, 3.05) is 24.5 Å². The SMILES string of the molecule is N#Cc1cc(N2CCC[C@H](N3CCCC3=O)C2)nc2ccccc12. The van der Waals surface area contributed by atoms with E-state index in [-0.39, 0.29) is 11.9 Å². The summed E-state index contributed by atoms with van der Waals surface area (Å²) in [7, 11) is 0. The van der Waals surface area contributed by atoms with Gasteiger partial charge in [-0.05, 0) is 31.4 Å². The number of likely N-dealkylation sites (tertiary alicyclic amines) is 1. The Hall–Kier alpha value is -2.61. The number of rotatable bonds is 2. The third-order valence-electron chi connectivity index (χ3n) is 5.09. The third kappa shape index (κ3) is 2.58. The number of pyridine rings is 1. The van der Waals surface area contributed by atoms with Gasteiger partial charge in [-0.25, -0.2) is 4.98 Å². The second-order valence-corrected chi connectivity index (χ2v) is 6.59. The van der Waals surface area contributed by atoms with Crippen LogP contribution in [0.5, 0.6) is 0 Å². The molecule has 1 aromatic carbocycles. The van der Waals surface area contributed by atoms with Gasteiger partial charge >= 0.3 is 0 Å². The fourth-order valence-electron chi connectivity index (χ4n) is 3.89. The molecule has 3 heterocycles. The highest BCUT2D eigenvalue weighted by molar-refractivity contribution is 5.86. The first kappa shape index (κ1) is 14.9. The molecule has 2 aliphatic rings. The maximum absolute atomic E-state index is 12.0. The van der Waals surface area contributed by atoms with Crippen molar-refractivity contribution >= 4 is 22.6 Å². The van der Waals surface area contributed by atoms with Crippen molar-refractivity contribution in [3.8, 4) is 6.07 Å². The molecule has 4 rings (SSSR count). The van der Waals surface area contributed by atoms with Gasteiger partial charge in [0.05, 0.1) is 17.1 Å². The Labute approximate surface area is 141 Å². The molecule has 0 radical (unpaired) electrons. The highest BCUT2D eigenvalue weighted by Crippen LogP contribution is 2.27. The Morgan fingerprint density at radius 3 is 2.88 bits per heavy atom. The van der Waals surface area contributed by atoms with Gasteiger partial charge in [0.2, 0.25) is 5.91 Å². The van der Waals surface area contributed by atoms with Crippen LogP contribution >= 0.6 is 0 Å². The van der Waals surface area contributed by atoms with E-state index in [1.54, 1.807) is 0 Å². The molecule has 2 aliphatic heterocycles. The number of amides is 1. The molecule has 2 fully saturated rings. The van der Waals surface area contributed by atoms with Crippen LogP contribution in [-0.2, 0) is 4.79 Å². The average molecular weight is 320 g/mol. The predicted octanol–water partition coefficient (Wildman–Crippen LogP) is 2.70. The van der Waals surface area contributed by atoms with Crippen LogP contribution in [0.2, 0.25) is 0 Å². The van der Waals surface area contributed by atoms with Crippen molar-refractivity contribution in [2.24, 2.45) is 0 Å². The minimum atomic E-state index is 0.271. The monoisotopic (exact) mass is 320 g/mol. The molecule has 1 atom stereocenters. The van der Waals surface area contributed by atoms with Gasteiger partial charge in [-0.15, -0.1) is 0 Å². The number of fused-ring (bicyclic) bond motifs is 1. The summed E-state index contributed by atoms with van der Waals surface area (Å²) in [5.74, 6) is 1.13. The van der Waals surface area contributed by atoms with E-state index in [0.717, 1.165) is 55.6 Å². The molecular formula is C19H20N4O. The highest BCUT2D eigenvalue weighted by atomic mass is 16.2. The maximum Gasteiger partial charge on any atom is 0.222 e. The molecule has 24 heavy (non-hydrogen) atoms. The number of aromatic nitrogens is 1. The second kappa shape index (κ2) is 6.12. The van der Waals surface area contributed by atoms with Gasteiger partial charge in [0.1, 0.15) is 5.82 Å². The zero-order valence-electron chi connectivity index (χ0n) is 13.6. The molecule has 0 N–H and O–H groups in total. The van der Waals surface area contributed by atoms with Crippen LogP contribution in [0.15, 0.2) is 30.3 Å². The van der Waals surface area contributed by atoms with Gasteiger partial charge in [0.15, 0.2) is 0 Å². The van der Waals surface area contributed by atoms with E-state index in [4.69, 9.17) is 4.98 Å². The normalized spacial score (nSPS) is 21.3. The number of anilines is 1. The predicted molar refractivity (Wildman–Crippen MR) is 92.6 cm³/mol. The quantitative estimate of drug-likeness (QED) is 0.853. The average Bonchev–Trinajstić information content (AvgIpc) is 3.07. The maximum atomic E-state index is 12.0. The van der Waals surface area contributed by atoms with Gasteiger partial charge in [-0.3, -0.25) is 4.79 Å². The van der Waals surface area contributed by atoms with Crippen LogP contribution in [0.4, 0.5) is 5.82 Å². The Balaban J connectivity index is 1.64. The smallest absolute Gasteiger partial charge is 0.222 e. The Morgan fingerprint density at radius 1 is 1.21 bits per heavy atom. The van der Waals surface area contributed by atoms with Crippen LogP contribution in [0.1, 0.15) is 31.2 Å². The van der Waals surface area contributed by atoms with Crippen molar-refractivity contribution in [2.45, 2.75) is 31.7 Å². The van der Waals surface area contributed by atoms with Crippen LogP contribution in [0.25, 0.3) is 10.9 Å². The van der Waals surface area contributed by atoms with Crippen LogP contribution < -0.4 is 4.90 Å². The molecule has 0 bridgehead atoms. The largest absolute Gasteiger partial charge is 0.354 e. The van der Waals surface area contributed by atoms with Crippen molar-refractivity contribution in [3.63, 3.8) is 0 Å². The molecular weight excluding hydrogens is 300 g/mol. The molecule has 0 aliphatic carbocycles. The number of nitriles is 1. The molecule has 5 nitrogen and oxygen atoms in total. The Morgan fingerprint density at radius 2 is 2.08 bits per heavy atom. The summed E-state index contributed by atoms with van der Waals surface area (Å²) >= 11 is 0. The van der Waals surface area contributed by atoms with Crippen LogP contribution in [0, 0.1) is 11.3 Å². The van der Waals surface area contributed by atoms with Gasteiger partial charge in [0.25, 0.3) is 0 Å². The fourth-order valence-corrected chi connectivity index (χ4v) is 3.89. The summed E-state index contributed by atoms with van der Waals surface area (Å²) in [6, 6.07) is 12.2. The summed E-state index contributed by atoms with van der Waals surface area (Å²) in [6.45, 7) is 2.61. The molecule has 1 aromatic heterocycles. The minimum Gasteiger partial charge on any atom is -0.354 e. The summed E-state index contributed by atoms with van der Waals surface area (Å²) < 4.78 is 0. The number of carbonyl (C=O) groups excluding carboxylic acids is 1. The van der Waals surface area contributed by atoms with Crippen LogP contribution in [-0.4, -0.2) is 41.5 Å². The van der Waals surface area contributed by atoms with E-state index in [1.165, 1.54) is 0 Å². The standard InChI is InChI=1S/C19H20N4O/c20-12-14-11-18(21-17-7-2-1-6-16(14)17)22-9-3-5-15(13-22)23-10-4-8-19(23)24/h1-2,6-7,11,15H,3-5,8-10,13H2/t15-/m0/s1. The second-order valence-electron chi connectivity index (χ2n) is 6.59. The number of piperidine rings is 1. The van der Waals surface area contributed by atoms with E-state index in [0.29, 0.717) is 12.0 Å². The zero-order valence-corrected chi connectivity index (χ0v) is 13.6. The zero-order chi connectivity index (χ0) is 16.5. The van der Waals surface area contributed by atoms with Crippen LogP contribution in [0.3, 0.4) is 0 Å².